The van der Waals surface area contributed by atoms with E-state index in [1.165, 1.54) is 18.4 Å². The van der Waals surface area contributed by atoms with Crippen molar-refractivity contribution < 1.29 is 5.11 Å². The number of hydrogen-bond donors (Lipinski definition) is 2. The normalized spacial score (nSPS) is 21.4. The first-order valence-electron chi connectivity index (χ1n) is 6.09. The highest BCUT2D eigenvalue weighted by atomic mass is 16.3. The highest BCUT2D eigenvalue weighted by molar-refractivity contribution is 5.19. The van der Waals surface area contributed by atoms with Crippen molar-refractivity contribution in [1.29, 1.82) is 0 Å². The summed E-state index contributed by atoms with van der Waals surface area (Å²) in [6.07, 6.45) is 2.48. The smallest absolute Gasteiger partial charge is 0.0613 e. The molecule has 88 valence electrons. The van der Waals surface area contributed by atoms with Crippen molar-refractivity contribution in [1.82, 2.24) is 5.32 Å². The second-order valence-corrected chi connectivity index (χ2v) is 5.13. The Morgan fingerprint density at radius 3 is 2.50 bits per heavy atom. The van der Waals surface area contributed by atoms with E-state index in [0.717, 1.165) is 0 Å². The Hall–Kier alpha value is -0.860. The first-order chi connectivity index (χ1) is 7.65. The molecule has 0 saturated heterocycles. The molecule has 0 aliphatic heterocycles. The third kappa shape index (κ3) is 2.45. The van der Waals surface area contributed by atoms with Gasteiger partial charge in [0.25, 0.3) is 0 Å². The Balaban J connectivity index is 2.03. The third-order valence-corrected chi connectivity index (χ3v) is 3.65. The maximum atomic E-state index is 9.53. The summed E-state index contributed by atoms with van der Waals surface area (Å²) < 4.78 is 0. The summed E-state index contributed by atoms with van der Waals surface area (Å²) >= 11 is 0. The molecule has 0 bridgehead atoms. The Kier molecular flexibility index (Phi) is 3.31. The topological polar surface area (TPSA) is 32.3 Å². The molecule has 1 fully saturated rings. The standard InChI is InChI=1S/C14H21NO/c1-11(12-6-4-3-5-7-12)15-14(2,10-16)13-8-9-13/h3-7,11,13,15-16H,8-10H2,1-2H3. The van der Waals surface area contributed by atoms with Gasteiger partial charge in [-0.1, -0.05) is 30.3 Å². The van der Waals surface area contributed by atoms with Crippen LogP contribution < -0.4 is 5.32 Å². The van der Waals surface area contributed by atoms with E-state index in [1.807, 2.05) is 6.07 Å². The molecule has 0 amide bonds. The van der Waals surface area contributed by atoms with Crippen molar-refractivity contribution in [2.24, 2.45) is 5.92 Å². The Labute approximate surface area is 97.7 Å². The Morgan fingerprint density at radius 2 is 2.00 bits per heavy atom. The van der Waals surface area contributed by atoms with Crippen molar-refractivity contribution >= 4 is 0 Å². The lowest BCUT2D eigenvalue weighted by Gasteiger charge is -2.32. The average Bonchev–Trinajstić information content (AvgIpc) is 3.14. The molecule has 1 saturated carbocycles. The van der Waals surface area contributed by atoms with Gasteiger partial charge < -0.3 is 10.4 Å². The minimum atomic E-state index is -0.116. The van der Waals surface area contributed by atoms with E-state index in [1.54, 1.807) is 0 Å². The molecule has 1 aliphatic carbocycles. The summed E-state index contributed by atoms with van der Waals surface area (Å²) in [5.41, 5.74) is 1.16. The zero-order chi connectivity index (χ0) is 11.6. The lowest BCUT2D eigenvalue weighted by atomic mass is 9.94. The lowest BCUT2D eigenvalue weighted by molar-refractivity contribution is 0.144. The van der Waals surface area contributed by atoms with Gasteiger partial charge in [0.05, 0.1) is 6.61 Å². The van der Waals surface area contributed by atoms with E-state index in [9.17, 15) is 5.11 Å². The molecule has 2 rings (SSSR count). The first kappa shape index (κ1) is 11.6. The molecule has 1 aliphatic rings. The lowest BCUT2D eigenvalue weighted by Crippen LogP contribution is -2.48. The van der Waals surface area contributed by atoms with Crippen molar-refractivity contribution in [2.45, 2.75) is 38.3 Å². The molecular formula is C14H21NO. The summed E-state index contributed by atoms with van der Waals surface area (Å²) in [5, 5.41) is 13.1. The van der Waals surface area contributed by atoms with E-state index in [0.29, 0.717) is 12.0 Å². The highest BCUT2D eigenvalue weighted by Gasteiger charge is 2.41. The monoisotopic (exact) mass is 219 g/mol. The summed E-state index contributed by atoms with van der Waals surface area (Å²) in [6.45, 7) is 4.50. The molecular weight excluding hydrogens is 198 g/mol. The predicted octanol–water partition coefficient (Wildman–Crippen LogP) is 2.50. The van der Waals surface area contributed by atoms with Crippen LogP contribution in [0.15, 0.2) is 30.3 Å². The third-order valence-electron chi connectivity index (χ3n) is 3.65. The number of rotatable bonds is 5. The molecule has 2 heteroatoms. The quantitative estimate of drug-likeness (QED) is 0.797. The average molecular weight is 219 g/mol. The van der Waals surface area contributed by atoms with Gasteiger partial charge in [-0.15, -0.1) is 0 Å². The minimum Gasteiger partial charge on any atom is -0.394 e. The van der Waals surface area contributed by atoms with Crippen LogP contribution in [0.3, 0.4) is 0 Å². The van der Waals surface area contributed by atoms with Crippen LogP contribution in [0.2, 0.25) is 0 Å². The second kappa shape index (κ2) is 4.56. The van der Waals surface area contributed by atoms with Gasteiger partial charge in [0.15, 0.2) is 0 Å². The molecule has 0 spiro atoms. The fourth-order valence-electron chi connectivity index (χ4n) is 2.33. The van der Waals surface area contributed by atoms with Gasteiger partial charge >= 0.3 is 0 Å². The summed E-state index contributed by atoms with van der Waals surface area (Å²) in [6, 6.07) is 10.7. The summed E-state index contributed by atoms with van der Waals surface area (Å²) in [7, 11) is 0. The van der Waals surface area contributed by atoms with Crippen LogP contribution in [0, 0.1) is 5.92 Å². The number of aliphatic hydroxyl groups is 1. The largest absolute Gasteiger partial charge is 0.394 e. The SMILES string of the molecule is CC(NC(C)(CO)C1CC1)c1ccccc1. The van der Waals surface area contributed by atoms with Gasteiger partial charge in [-0.3, -0.25) is 0 Å². The molecule has 0 radical (unpaired) electrons. The van der Waals surface area contributed by atoms with Gasteiger partial charge in [-0.05, 0) is 38.2 Å². The van der Waals surface area contributed by atoms with Crippen molar-refractivity contribution in [3.05, 3.63) is 35.9 Å². The van der Waals surface area contributed by atoms with Crippen LogP contribution in [0.25, 0.3) is 0 Å². The summed E-state index contributed by atoms with van der Waals surface area (Å²) in [5.74, 6) is 0.642. The number of aliphatic hydroxyl groups excluding tert-OH is 1. The van der Waals surface area contributed by atoms with E-state index in [4.69, 9.17) is 0 Å². The van der Waals surface area contributed by atoms with E-state index >= 15 is 0 Å². The predicted molar refractivity (Wildman–Crippen MR) is 66.2 cm³/mol. The summed E-state index contributed by atoms with van der Waals surface area (Å²) in [4.78, 5) is 0. The molecule has 16 heavy (non-hydrogen) atoms. The zero-order valence-corrected chi connectivity index (χ0v) is 10.1. The van der Waals surface area contributed by atoms with Crippen LogP contribution in [0.4, 0.5) is 0 Å². The maximum absolute atomic E-state index is 9.53. The van der Waals surface area contributed by atoms with Gasteiger partial charge in [0.1, 0.15) is 0 Å². The first-order valence-corrected chi connectivity index (χ1v) is 6.09. The molecule has 0 aromatic heterocycles. The van der Waals surface area contributed by atoms with Gasteiger partial charge in [-0.25, -0.2) is 0 Å². The van der Waals surface area contributed by atoms with Crippen molar-refractivity contribution in [3.8, 4) is 0 Å². The van der Waals surface area contributed by atoms with Crippen LogP contribution in [-0.4, -0.2) is 17.3 Å². The molecule has 1 aromatic carbocycles. The molecule has 0 heterocycles. The van der Waals surface area contributed by atoms with Gasteiger partial charge in [0, 0.05) is 11.6 Å². The molecule has 2 nitrogen and oxygen atoms in total. The number of hydrogen-bond acceptors (Lipinski definition) is 2. The minimum absolute atomic E-state index is 0.116. The highest BCUT2D eigenvalue weighted by Crippen LogP contribution is 2.40. The Morgan fingerprint density at radius 1 is 1.38 bits per heavy atom. The van der Waals surface area contributed by atoms with Gasteiger partial charge in [-0.2, -0.15) is 0 Å². The fourth-order valence-corrected chi connectivity index (χ4v) is 2.33. The number of benzene rings is 1. The maximum Gasteiger partial charge on any atom is 0.0613 e. The van der Waals surface area contributed by atoms with E-state index < -0.39 is 0 Å². The van der Waals surface area contributed by atoms with E-state index in [2.05, 4.69) is 43.4 Å². The van der Waals surface area contributed by atoms with Gasteiger partial charge in [0.2, 0.25) is 0 Å². The fraction of sp³-hybridized carbons (Fsp3) is 0.571. The van der Waals surface area contributed by atoms with Crippen LogP contribution in [0.5, 0.6) is 0 Å². The van der Waals surface area contributed by atoms with Crippen molar-refractivity contribution in [2.75, 3.05) is 6.61 Å². The van der Waals surface area contributed by atoms with Crippen molar-refractivity contribution in [3.63, 3.8) is 0 Å². The second-order valence-electron chi connectivity index (χ2n) is 5.13. The van der Waals surface area contributed by atoms with Crippen LogP contribution in [0.1, 0.15) is 38.3 Å². The van der Waals surface area contributed by atoms with E-state index in [-0.39, 0.29) is 12.1 Å². The molecule has 1 aromatic rings. The number of nitrogens with one attached hydrogen (secondary N) is 1. The molecule has 2 N–H and O–H groups in total. The zero-order valence-electron chi connectivity index (χ0n) is 10.1. The van der Waals surface area contributed by atoms with Crippen LogP contribution >= 0.6 is 0 Å². The molecule has 2 unspecified atom stereocenters. The Bertz CT molecular complexity index is 334. The van der Waals surface area contributed by atoms with Crippen LogP contribution in [-0.2, 0) is 0 Å². The molecule has 2 atom stereocenters.